The van der Waals surface area contributed by atoms with Crippen LogP contribution in [0.15, 0.2) is 53.9 Å². The minimum Gasteiger partial charge on any atom is -0.497 e. The lowest BCUT2D eigenvalue weighted by molar-refractivity contribution is -0.133. The molecule has 7 nitrogen and oxygen atoms in total. The van der Waals surface area contributed by atoms with Crippen LogP contribution < -0.4 is 14.8 Å². The van der Waals surface area contributed by atoms with Gasteiger partial charge in [-0.3, -0.25) is 4.79 Å². The number of carbonyl (C=O) groups is 2. The summed E-state index contributed by atoms with van der Waals surface area (Å²) in [7, 11) is 3.07. The third kappa shape index (κ3) is 7.95. The fourth-order valence-electron chi connectivity index (χ4n) is 3.80. The van der Waals surface area contributed by atoms with Crippen molar-refractivity contribution < 1.29 is 23.5 Å². The van der Waals surface area contributed by atoms with Gasteiger partial charge in [-0.05, 0) is 59.7 Å². The second kappa shape index (κ2) is 13.1. The van der Waals surface area contributed by atoms with E-state index in [1.165, 1.54) is 24.1 Å². The SMILES string of the molecule is COc1ccc(NC(=O)N(CC(=O)N(Cc2ccc(F)cc2)Cc2sccc2C)CC(C)C)c(OC)c1. The number of hydrogen-bond donors (Lipinski definition) is 1. The van der Waals surface area contributed by atoms with Crippen molar-refractivity contribution in [2.45, 2.75) is 33.9 Å². The number of nitrogens with one attached hydrogen (secondary N) is 1. The summed E-state index contributed by atoms with van der Waals surface area (Å²) >= 11 is 1.58. The number of amides is 3. The Balaban J connectivity index is 1.81. The molecule has 3 aromatic rings. The number of methoxy groups -OCH3 is 2. The van der Waals surface area contributed by atoms with Gasteiger partial charge in [0.15, 0.2) is 0 Å². The Morgan fingerprint density at radius 2 is 1.73 bits per heavy atom. The maximum Gasteiger partial charge on any atom is 0.322 e. The molecule has 0 bridgehead atoms. The molecule has 0 radical (unpaired) electrons. The summed E-state index contributed by atoms with van der Waals surface area (Å²) in [6.45, 7) is 6.98. The smallest absolute Gasteiger partial charge is 0.322 e. The molecule has 1 aromatic heterocycles. The molecule has 0 spiro atoms. The van der Waals surface area contributed by atoms with E-state index in [2.05, 4.69) is 5.32 Å². The van der Waals surface area contributed by atoms with E-state index < -0.39 is 6.03 Å². The topological polar surface area (TPSA) is 71.1 Å². The molecule has 9 heteroatoms. The lowest BCUT2D eigenvalue weighted by Gasteiger charge is -2.29. The van der Waals surface area contributed by atoms with Crippen LogP contribution in [0.2, 0.25) is 0 Å². The standard InChI is InChI=1S/C28H34FN3O4S/c1-19(2)15-32(28(34)30-24-11-10-23(35-4)14-25(24)36-5)18-27(33)31(17-26-20(3)12-13-37-26)16-21-6-8-22(29)9-7-21/h6-14,19H,15-18H2,1-5H3,(H,30,34). The van der Waals surface area contributed by atoms with E-state index in [4.69, 9.17) is 9.47 Å². The minimum absolute atomic E-state index is 0.103. The van der Waals surface area contributed by atoms with Gasteiger partial charge in [-0.2, -0.15) is 0 Å². The van der Waals surface area contributed by atoms with Crippen LogP contribution in [0.3, 0.4) is 0 Å². The average Bonchev–Trinajstić information content (AvgIpc) is 3.28. The molecule has 0 saturated carbocycles. The van der Waals surface area contributed by atoms with Crippen LogP contribution in [0.4, 0.5) is 14.9 Å². The highest BCUT2D eigenvalue weighted by molar-refractivity contribution is 7.10. The molecule has 1 N–H and O–H groups in total. The summed E-state index contributed by atoms with van der Waals surface area (Å²) in [6, 6.07) is 12.8. The summed E-state index contributed by atoms with van der Waals surface area (Å²) in [5, 5.41) is 4.86. The van der Waals surface area contributed by atoms with Gasteiger partial charge < -0.3 is 24.6 Å². The van der Waals surface area contributed by atoms with Gasteiger partial charge in [-0.25, -0.2) is 9.18 Å². The molecular weight excluding hydrogens is 493 g/mol. The lowest BCUT2D eigenvalue weighted by Crippen LogP contribution is -2.45. The maximum absolute atomic E-state index is 13.6. The Labute approximate surface area is 221 Å². The predicted octanol–water partition coefficient (Wildman–Crippen LogP) is 5.93. The maximum atomic E-state index is 13.6. The number of carbonyl (C=O) groups excluding carboxylic acids is 2. The van der Waals surface area contributed by atoms with Gasteiger partial charge in [0.05, 0.1) is 26.5 Å². The second-order valence-corrected chi connectivity index (χ2v) is 10.2. The Kier molecular flexibility index (Phi) is 9.91. The van der Waals surface area contributed by atoms with E-state index in [9.17, 15) is 14.0 Å². The molecule has 0 atom stereocenters. The largest absolute Gasteiger partial charge is 0.497 e. The number of anilines is 1. The van der Waals surface area contributed by atoms with Crippen LogP contribution in [0, 0.1) is 18.7 Å². The monoisotopic (exact) mass is 527 g/mol. The highest BCUT2D eigenvalue weighted by Crippen LogP contribution is 2.29. The zero-order valence-electron chi connectivity index (χ0n) is 21.9. The van der Waals surface area contributed by atoms with E-state index in [0.717, 1.165) is 16.0 Å². The predicted molar refractivity (Wildman–Crippen MR) is 145 cm³/mol. The fraction of sp³-hybridized carbons (Fsp3) is 0.357. The van der Waals surface area contributed by atoms with Crippen LogP contribution >= 0.6 is 11.3 Å². The van der Waals surface area contributed by atoms with Crippen LogP contribution in [0.25, 0.3) is 0 Å². The first kappa shape index (κ1) is 28.0. The number of nitrogens with zero attached hydrogens (tertiary/aromatic N) is 2. The molecule has 0 fully saturated rings. The van der Waals surface area contributed by atoms with E-state index in [-0.39, 0.29) is 24.2 Å². The van der Waals surface area contributed by atoms with Crippen LogP contribution in [0.5, 0.6) is 11.5 Å². The van der Waals surface area contributed by atoms with Gasteiger partial charge in [0.2, 0.25) is 5.91 Å². The van der Waals surface area contributed by atoms with Crippen LogP contribution in [-0.4, -0.2) is 49.0 Å². The summed E-state index contributed by atoms with van der Waals surface area (Å²) < 4.78 is 24.1. The van der Waals surface area contributed by atoms with E-state index >= 15 is 0 Å². The average molecular weight is 528 g/mol. The second-order valence-electron chi connectivity index (χ2n) is 9.17. The summed E-state index contributed by atoms with van der Waals surface area (Å²) in [5.74, 6) is 0.666. The normalized spacial score (nSPS) is 10.8. The Hall–Kier alpha value is -3.59. The first-order valence-electron chi connectivity index (χ1n) is 12.0. The molecule has 2 aromatic carbocycles. The summed E-state index contributed by atoms with van der Waals surface area (Å²) in [4.78, 5) is 31.2. The zero-order chi connectivity index (χ0) is 26.9. The first-order valence-corrected chi connectivity index (χ1v) is 12.9. The van der Waals surface area contributed by atoms with Gasteiger partial charge in [0.25, 0.3) is 0 Å². The number of hydrogen-bond acceptors (Lipinski definition) is 5. The van der Waals surface area contributed by atoms with Gasteiger partial charge in [0, 0.05) is 24.0 Å². The number of ether oxygens (including phenoxy) is 2. The van der Waals surface area contributed by atoms with Gasteiger partial charge in [0.1, 0.15) is 23.9 Å². The van der Waals surface area contributed by atoms with E-state index in [1.54, 1.807) is 53.7 Å². The van der Waals surface area contributed by atoms with Crippen LogP contribution in [0.1, 0.15) is 29.9 Å². The van der Waals surface area contributed by atoms with E-state index in [1.807, 2.05) is 32.2 Å². The zero-order valence-corrected chi connectivity index (χ0v) is 22.7. The number of urea groups is 1. The summed E-state index contributed by atoms with van der Waals surface area (Å²) in [6.07, 6.45) is 0. The first-order chi connectivity index (χ1) is 17.7. The third-order valence-electron chi connectivity index (χ3n) is 5.79. The molecular formula is C28H34FN3O4S. The van der Waals surface area contributed by atoms with Crippen molar-refractivity contribution in [3.63, 3.8) is 0 Å². The van der Waals surface area contributed by atoms with Crippen LogP contribution in [-0.2, 0) is 17.9 Å². The molecule has 37 heavy (non-hydrogen) atoms. The molecule has 0 aliphatic carbocycles. The van der Waals surface area contributed by atoms with Gasteiger partial charge in [-0.1, -0.05) is 26.0 Å². The summed E-state index contributed by atoms with van der Waals surface area (Å²) in [5.41, 5.74) is 2.39. The van der Waals surface area contributed by atoms with Crippen molar-refractivity contribution in [2.75, 3.05) is 32.6 Å². The number of thiophene rings is 1. The Morgan fingerprint density at radius 1 is 1.00 bits per heavy atom. The molecule has 3 rings (SSSR count). The third-order valence-corrected chi connectivity index (χ3v) is 6.80. The van der Waals surface area contributed by atoms with Gasteiger partial charge >= 0.3 is 6.03 Å². The van der Waals surface area contributed by atoms with Crippen molar-refractivity contribution >= 4 is 29.0 Å². The molecule has 198 valence electrons. The number of rotatable bonds is 11. The highest BCUT2D eigenvalue weighted by atomic mass is 32.1. The highest BCUT2D eigenvalue weighted by Gasteiger charge is 2.24. The molecule has 0 saturated heterocycles. The lowest BCUT2D eigenvalue weighted by atomic mass is 10.2. The molecule has 0 aliphatic heterocycles. The minimum atomic E-state index is -0.403. The Morgan fingerprint density at radius 3 is 2.32 bits per heavy atom. The fourth-order valence-corrected chi connectivity index (χ4v) is 4.72. The number of halogens is 1. The number of benzene rings is 2. The van der Waals surface area contributed by atoms with Crippen molar-refractivity contribution in [3.05, 3.63) is 75.7 Å². The number of aryl methyl sites for hydroxylation is 1. The molecule has 0 aliphatic rings. The molecule has 0 unspecified atom stereocenters. The Bertz CT molecular complexity index is 1200. The molecule has 3 amide bonds. The van der Waals surface area contributed by atoms with Gasteiger partial charge in [-0.15, -0.1) is 11.3 Å². The van der Waals surface area contributed by atoms with Crippen molar-refractivity contribution in [2.24, 2.45) is 5.92 Å². The van der Waals surface area contributed by atoms with Crippen molar-refractivity contribution in [1.82, 2.24) is 9.80 Å². The van der Waals surface area contributed by atoms with E-state index in [0.29, 0.717) is 36.8 Å². The molecule has 1 heterocycles. The van der Waals surface area contributed by atoms with Crippen molar-refractivity contribution in [1.29, 1.82) is 0 Å². The quantitative estimate of drug-likeness (QED) is 0.335. The van der Waals surface area contributed by atoms with Crippen molar-refractivity contribution in [3.8, 4) is 11.5 Å².